The van der Waals surface area contributed by atoms with Crippen LogP contribution in [-0.2, 0) is 9.59 Å². The molecular weight excluding hydrogens is 404 g/mol. The van der Waals surface area contributed by atoms with Gasteiger partial charge in [0.15, 0.2) is 0 Å². The molecule has 0 aliphatic heterocycles. The molecule has 0 aliphatic rings. The van der Waals surface area contributed by atoms with Crippen molar-refractivity contribution >= 4 is 17.8 Å². The third-order valence-corrected chi connectivity index (χ3v) is 2.25. The maximum absolute atomic E-state index is 10.6. The van der Waals surface area contributed by atoms with E-state index in [0.717, 1.165) is 12.2 Å². The van der Waals surface area contributed by atoms with Gasteiger partial charge in [-0.05, 0) is 25.1 Å². The van der Waals surface area contributed by atoms with E-state index in [1.165, 1.54) is 0 Å². The van der Waals surface area contributed by atoms with E-state index in [4.69, 9.17) is 41.4 Å². The smallest absolute Gasteiger partial charge is 0.490 e. The molecule has 1 aromatic carbocycles. The summed E-state index contributed by atoms with van der Waals surface area (Å²) in [5.74, 6) is -4.74. The molecule has 1 rings (SSSR count). The zero-order chi connectivity index (χ0) is 22.5. The van der Waals surface area contributed by atoms with Crippen LogP contribution in [0.1, 0.15) is 12.0 Å². The molecule has 0 saturated heterocycles. The van der Waals surface area contributed by atoms with Crippen molar-refractivity contribution in [3.63, 3.8) is 0 Å². The topological polar surface area (TPSA) is 160 Å². The number of benzene rings is 1. The quantitative estimate of drug-likeness (QED) is 0.210. The van der Waals surface area contributed by atoms with Crippen molar-refractivity contribution in [2.45, 2.75) is 18.8 Å². The third kappa shape index (κ3) is 14.2. The molecule has 0 radical (unpaired) electrons. The Labute approximate surface area is 154 Å². The molecule has 0 bridgehead atoms. The van der Waals surface area contributed by atoms with Crippen LogP contribution in [-0.4, -0.2) is 53.5 Å². The summed E-state index contributed by atoms with van der Waals surface area (Å²) in [7, 11) is 0. The molecule has 0 saturated carbocycles. The molecule has 1 aromatic rings. The number of nitrogens with one attached hydrogen (secondary N) is 1. The number of rotatable bonds is 5. The van der Waals surface area contributed by atoms with Crippen molar-refractivity contribution in [1.82, 2.24) is 0 Å². The van der Waals surface area contributed by atoms with Gasteiger partial charge in [0.1, 0.15) is 11.6 Å². The highest BCUT2D eigenvalue weighted by Gasteiger charge is 2.38. The maximum Gasteiger partial charge on any atom is 0.490 e. The van der Waals surface area contributed by atoms with Crippen molar-refractivity contribution in [2.75, 3.05) is 13.2 Å². The Morgan fingerprint density at radius 1 is 1.04 bits per heavy atom. The first-order valence-corrected chi connectivity index (χ1v) is 7.00. The summed E-state index contributed by atoms with van der Waals surface area (Å²) < 4.78 is 68.9. The van der Waals surface area contributed by atoms with Gasteiger partial charge in [-0.15, -0.1) is 0 Å². The Kier molecular flexibility index (Phi) is 12.0. The Hall–Kier alpha value is -3.03. The van der Waals surface area contributed by atoms with Crippen LogP contribution in [0.15, 0.2) is 24.3 Å². The van der Waals surface area contributed by atoms with Crippen LogP contribution < -0.4 is 16.2 Å². The van der Waals surface area contributed by atoms with Crippen LogP contribution >= 0.6 is 0 Å². The summed E-state index contributed by atoms with van der Waals surface area (Å²) >= 11 is 0. The van der Waals surface area contributed by atoms with Crippen LogP contribution in [0.4, 0.5) is 26.3 Å². The lowest BCUT2D eigenvalue weighted by Gasteiger charge is -2.06. The third-order valence-electron chi connectivity index (χ3n) is 2.25. The fourth-order valence-electron chi connectivity index (χ4n) is 1.03. The van der Waals surface area contributed by atoms with E-state index in [0.29, 0.717) is 18.7 Å². The highest BCUT2D eigenvalue weighted by molar-refractivity contribution is 5.95. The van der Waals surface area contributed by atoms with Gasteiger partial charge in [0.05, 0.1) is 6.61 Å². The predicted octanol–water partition coefficient (Wildman–Crippen LogP) is 1.96. The molecule has 8 nitrogen and oxygen atoms in total. The van der Waals surface area contributed by atoms with Gasteiger partial charge in [-0.1, -0.05) is 12.1 Å². The molecule has 160 valence electrons. The number of aliphatic carboxylic acids is 2. The minimum atomic E-state index is -5.08. The molecule has 0 spiro atoms. The number of halogens is 6. The van der Waals surface area contributed by atoms with Crippen LogP contribution in [0.2, 0.25) is 0 Å². The number of carboxylic acids is 2. The van der Waals surface area contributed by atoms with Gasteiger partial charge in [-0.3, -0.25) is 5.41 Å². The molecule has 0 atom stereocenters. The second-order valence-corrected chi connectivity index (χ2v) is 4.54. The molecule has 0 amide bonds. The molecule has 0 aromatic heterocycles. The van der Waals surface area contributed by atoms with Gasteiger partial charge in [0.2, 0.25) is 0 Å². The Morgan fingerprint density at radius 2 is 1.46 bits per heavy atom. The first-order valence-electron chi connectivity index (χ1n) is 7.00. The van der Waals surface area contributed by atoms with Crippen LogP contribution in [0, 0.1) is 5.41 Å². The standard InChI is InChI=1S/C10H15N3O.2C2HF3O2/c11-5-2-6-14-9-4-1-3-8(7-9)10(12)13;2*3-2(4,5)1(6)7/h1,3-4,7H,2,5-6,11H2,(H3,12,13);2*(H,6,7). The molecular formula is C14H17F6N3O5. The lowest BCUT2D eigenvalue weighted by Crippen LogP contribution is -2.21. The number of hydrogen-bond acceptors (Lipinski definition) is 5. The number of hydrogen-bond donors (Lipinski definition) is 5. The van der Waals surface area contributed by atoms with E-state index >= 15 is 0 Å². The van der Waals surface area contributed by atoms with Crippen LogP contribution in [0.3, 0.4) is 0 Å². The van der Waals surface area contributed by atoms with E-state index < -0.39 is 24.3 Å². The van der Waals surface area contributed by atoms with Crippen molar-refractivity contribution < 1.29 is 50.9 Å². The van der Waals surface area contributed by atoms with Crippen molar-refractivity contribution in [3.8, 4) is 5.75 Å². The normalized spacial score (nSPS) is 10.5. The summed E-state index contributed by atoms with van der Waals surface area (Å²) in [4.78, 5) is 17.8. The largest absolute Gasteiger partial charge is 0.494 e. The SMILES string of the molecule is N=C(N)c1cccc(OCCCN)c1.O=C(O)C(F)(F)F.O=C(O)C(F)(F)F. The van der Waals surface area contributed by atoms with E-state index in [-0.39, 0.29) is 5.84 Å². The molecule has 28 heavy (non-hydrogen) atoms. The van der Waals surface area contributed by atoms with Crippen LogP contribution in [0.25, 0.3) is 0 Å². The Balaban J connectivity index is 0. The Morgan fingerprint density at radius 3 is 1.79 bits per heavy atom. The summed E-state index contributed by atoms with van der Waals surface area (Å²) in [5, 5.41) is 21.5. The second kappa shape index (κ2) is 12.4. The van der Waals surface area contributed by atoms with Gasteiger partial charge in [0.25, 0.3) is 0 Å². The van der Waals surface area contributed by atoms with Gasteiger partial charge >= 0.3 is 24.3 Å². The van der Waals surface area contributed by atoms with E-state index in [1.54, 1.807) is 12.1 Å². The monoisotopic (exact) mass is 421 g/mol. The van der Waals surface area contributed by atoms with Gasteiger partial charge in [-0.25, -0.2) is 9.59 Å². The maximum atomic E-state index is 10.6. The minimum Gasteiger partial charge on any atom is -0.494 e. The number of amidine groups is 1. The fraction of sp³-hybridized carbons (Fsp3) is 0.357. The van der Waals surface area contributed by atoms with Gasteiger partial charge < -0.3 is 26.4 Å². The zero-order valence-electron chi connectivity index (χ0n) is 14.0. The average Bonchev–Trinajstić information content (AvgIpc) is 2.54. The number of nitrogens with two attached hydrogens (primary N) is 2. The molecule has 7 N–H and O–H groups in total. The van der Waals surface area contributed by atoms with E-state index in [9.17, 15) is 26.3 Å². The van der Waals surface area contributed by atoms with Crippen LogP contribution in [0.5, 0.6) is 5.75 Å². The molecule has 0 heterocycles. The molecule has 0 aliphatic carbocycles. The number of ether oxygens (including phenoxy) is 1. The minimum absolute atomic E-state index is 0.0503. The summed E-state index contributed by atoms with van der Waals surface area (Å²) in [5.41, 5.74) is 11.4. The summed E-state index contributed by atoms with van der Waals surface area (Å²) in [6, 6.07) is 7.18. The second-order valence-electron chi connectivity index (χ2n) is 4.54. The summed E-state index contributed by atoms with van der Waals surface area (Å²) in [6.07, 6.45) is -9.34. The zero-order valence-corrected chi connectivity index (χ0v) is 14.0. The molecule has 0 fully saturated rings. The number of carbonyl (C=O) groups is 2. The highest BCUT2D eigenvalue weighted by Crippen LogP contribution is 2.14. The van der Waals surface area contributed by atoms with Crippen molar-refractivity contribution in [3.05, 3.63) is 29.8 Å². The van der Waals surface area contributed by atoms with Crippen molar-refractivity contribution in [2.24, 2.45) is 11.5 Å². The number of nitrogen functional groups attached to an aromatic ring is 1. The van der Waals surface area contributed by atoms with Gasteiger partial charge in [-0.2, -0.15) is 26.3 Å². The highest BCUT2D eigenvalue weighted by atomic mass is 19.4. The lowest BCUT2D eigenvalue weighted by molar-refractivity contribution is -0.193. The Bertz CT molecular complexity index is 625. The first-order chi connectivity index (χ1) is 12.6. The lowest BCUT2D eigenvalue weighted by atomic mass is 10.2. The van der Waals surface area contributed by atoms with E-state index in [1.807, 2.05) is 12.1 Å². The predicted molar refractivity (Wildman–Crippen MR) is 84.0 cm³/mol. The van der Waals surface area contributed by atoms with Crippen molar-refractivity contribution in [1.29, 1.82) is 5.41 Å². The molecule has 0 unspecified atom stereocenters. The number of carboxylic acid groups (broad SMARTS) is 2. The number of alkyl halides is 6. The first kappa shape index (κ1) is 27.2. The summed E-state index contributed by atoms with van der Waals surface area (Å²) in [6.45, 7) is 1.21. The van der Waals surface area contributed by atoms with E-state index in [2.05, 4.69) is 0 Å². The van der Waals surface area contributed by atoms with Gasteiger partial charge in [0, 0.05) is 5.56 Å². The fourth-order valence-corrected chi connectivity index (χ4v) is 1.03. The average molecular weight is 421 g/mol. The molecule has 14 heteroatoms.